The molecule has 1 aromatic heterocycles. The molecule has 0 aliphatic heterocycles. The summed E-state index contributed by atoms with van der Waals surface area (Å²) in [5, 5.41) is 4.18. The van der Waals surface area contributed by atoms with E-state index in [2.05, 4.69) is 32.9 Å². The molecule has 2 N–H and O–H groups in total. The summed E-state index contributed by atoms with van der Waals surface area (Å²) < 4.78 is 8.61. The maximum Gasteiger partial charge on any atom is 0.164 e. The van der Waals surface area contributed by atoms with Crippen molar-refractivity contribution in [2.45, 2.75) is 32.9 Å². The van der Waals surface area contributed by atoms with E-state index in [-0.39, 0.29) is 0 Å². The van der Waals surface area contributed by atoms with Gasteiger partial charge in [-0.25, -0.2) is 9.67 Å². The van der Waals surface area contributed by atoms with Crippen molar-refractivity contribution in [1.82, 2.24) is 14.8 Å². The minimum absolute atomic E-state index is 0.412. The quantitative estimate of drug-likeness (QED) is 0.842. The second-order valence-corrected chi connectivity index (χ2v) is 5.35. The van der Waals surface area contributed by atoms with Crippen LogP contribution in [0.25, 0.3) is 0 Å². The molecule has 0 unspecified atom stereocenters. The molecular formula is C14H19BrN4O. The van der Waals surface area contributed by atoms with E-state index in [0.717, 1.165) is 35.4 Å². The molecule has 6 heteroatoms. The molecule has 0 aliphatic carbocycles. The molecule has 0 fully saturated rings. The van der Waals surface area contributed by atoms with Gasteiger partial charge in [-0.2, -0.15) is 5.10 Å². The molecule has 0 radical (unpaired) electrons. The van der Waals surface area contributed by atoms with Crippen molar-refractivity contribution in [2.24, 2.45) is 5.73 Å². The van der Waals surface area contributed by atoms with Crippen molar-refractivity contribution in [3.05, 3.63) is 40.4 Å². The number of ether oxygens (including phenoxy) is 1. The van der Waals surface area contributed by atoms with E-state index in [1.807, 2.05) is 22.9 Å². The van der Waals surface area contributed by atoms with Gasteiger partial charge in [-0.05, 0) is 53.0 Å². The number of hydrogen-bond acceptors (Lipinski definition) is 4. The Morgan fingerprint density at radius 3 is 2.95 bits per heavy atom. The number of aryl methyl sites for hydroxylation is 1. The standard InChI is InChI=1S/C14H19BrN4O/c1-2-7-19-14(17-10-18-19)9-20-13-4-3-11(5-6-16)8-12(13)15/h3-4,8,10H,2,5-7,9,16H2,1H3. The van der Waals surface area contributed by atoms with Gasteiger partial charge in [-0.1, -0.05) is 13.0 Å². The third-order valence-electron chi connectivity index (χ3n) is 2.92. The second kappa shape index (κ2) is 7.40. The summed E-state index contributed by atoms with van der Waals surface area (Å²) in [6, 6.07) is 6.03. The predicted molar refractivity (Wildman–Crippen MR) is 81.5 cm³/mol. The monoisotopic (exact) mass is 338 g/mol. The maximum absolute atomic E-state index is 5.80. The zero-order chi connectivity index (χ0) is 14.4. The van der Waals surface area contributed by atoms with E-state index in [9.17, 15) is 0 Å². The van der Waals surface area contributed by atoms with Crippen molar-refractivity contribution in [3.63, 3.8) is 0 Å². The molecule has 5 nitrogen and oxygen atoms in total. The summed E-state index contributed by atoms with van der Waals surface area (Å²) in [6.45, 7) is 4.02. The Kier molecular flexibility index (Phi) is 5.55. The molecule has 1 aromatic carbocycles. The number of rotatable bonds is 7. The van der Waals surface area contributed by atoms with Crippen LogP contribution in [-0.4, -0.2) is 21.3 Å². The molecule has 0 spiro atoms. The largest absolute Gasteiger partial charge is 0.484 e. The average molecular weight is 339 g/mol. The Bertz CT molecular complexity index is 556. The van der Waals surface area contributed by atoms with E-state index < -0.39 is 0 Å². The zero-order valence-electron chi connectivity index (χ0n) is 11.6. The fourth-order valence-electron chi connectivity index (χ4n) is 1.92. The number of hydrogen-bond donors (Lipinski definition) is 1. The molecule has 0 saturated heterocycles. The van der Waals surface area contributed by atoms with Crippen LogP contribution in [0.5, 0.6) is 5.75 Å². The molecule has 0 bridgehead atoms. The normalized spacial score (nSPS) is 10.8. The van der Waals surface area contributed by atoms with E-state index >= 15 is 0 Å². The molecule has 0 saturated carbocycles. The van der Waals surface area contributed by atoms with Gasteiger partial charge in [0, 0.05) is 6.54 Å². The van der Waals surface area contributed by atoms with Gasteiger partial charge >= 0.3 is 0 Å². The van der Waals surface area contributed by atoms with Crippen molar-refractivity contribution < 1.29 is 4.74 Å². The van der Waals surface area contributed by atoms with E-state index in [4.69, 9.17) is 10.5 Å². The Hall–Kier alpha value is -1.40. The molecule has 20 heavy (non-hydrogen) atoms. The third-order valence-corrected chi connectivity index (χ3v) is 3.54. The van der Waals surface area contributed by atoms with E-state index in [1.54, 1.807) is 6.33 Å². The van der Waals surface area contributed by atoms with Crippen LogP contribution in [0.1, 0.15) is 24.7 Å². The van der Waals surface area contributed by atoms with Crippen LogP contribution in [0, 0.1) is 0 Å². The molecule has 0 atom stereocenters. The topological polar surface area (TPSA) is 66.0 Å². The molecule has 0 aliphatic rings. The molecule has 0 amide bonds. The van der Waals surface area contributed by atoms with Gasteiger partial charge in [-0.15, -0.1) is 0 Å². The van der Waals surface area contributed by atoms with Crippen molar-refractivity contribution >= 4 is 15.9 Å². The number of aromatic nitrogens is 3. The molecule has 1 heterocycles. The van der Waals surface area contributed by atoms with Gasteiger partial charge < -0.3 is 10.5 Å². The van der Waals surface area contributed by atoms with Gasteiger partial charge in [0.05, 0.1) is 4.47 Å². The van der Waals surface area contributed by atoms with E-state index in [0.29, 0.717) is 13.2 Å². The Morgan fingerprint density at radius 1 is 1.40 bits per heavy atom. The van der Waals surface area contributed by atoms with Gasteiger partial charge in [0.1, 0.15) is 18.7 Å². The van der Waals surface area contributed by atoms with Crippen LogP contribution in [0.3, 0.4) is 0 Å². The first kappa shape index (κ1) is 15.0. The van der Waals surface area contributed by atoms with Crippen LogP contribution in [0.2, 0.25) is 0 Å². The minimum Gasteiger partial charge on any atom is -0.484 e. The summed E-state index contributed by atoms with van der Waals surface area (Å²) in [5.74, 6) is 1.64. The van der Waals surface area contributed by atoms with Gasteiger partial charge in [0.25, 0.3) is 0 Å². The summed E-state index contributed by atoms with van der Waals surface area (Å²) >= 11 is 3.52. The van der Waals surface area contributed by atoms with Crippen molar-refractivity contribution in [2.75, 3.05) is 6.54 Å². The molecule has 2 rings (SSSR count). The first-order valence-electron chi connectivity index (χ1n) is 6.72. The number of nitrogens with two attached hydrogens (primary N) is 1. The van der Waals surface area contributed by atoms with Crippen molar-refractivity contribution in [1.29, 1.82) is 0 Å². The van der Waals surface area contributed by atoms with E-state index in [1.165, 1.54) is 5.56 Å². The summed E-state index contributed by atoms with van der Waals surface area (Å²) in [7, 11) is 0. The van der Waals surface area contributed by atoms with Gasteiger partial charge in [-0.3, -0.25) is 0 Å². The highest BCUT2D eigenvalue weighted by atomic mass is 79.9. The van der Waals surface area contributed by atoms with Crippen LogP contribution >= 0.6 is 15.9 Å². The Labute approximate surface area is 127 Å². The second-order valence-electron chi connectivity index (χ2n) is 4.49. The summed E-state index contributed by atoms with van der Waals surface area (Å²) in [5.41, 5.74) is 6.75. The van der Waals surface area contributed by atoms with Crippen LogP contribution < -0.4 is 10.5 Å². The highest BCUT2D eigenvalue weighted by Crippen LogP contribution is 2.26. The lowest BCUT2D eigenvalue weighted by atomic mass is 10.1. The first-order chi connectivity index (χ1) is 9.74. The predicted octanol–water partition coefficient (Wildman–Crippen LogP) is 2.53. The summed E-state index contributed by atoms with van der Waals surface area (Å²) in [4.78, 5) is 4.22. The zero-order valence-corrected chi connectivity index (χ0v) is 13.1. The Morgan fingerprint density at radius 2 is 2.25 bits per heavy atom. The van der Waals surface area contributed by atoms with Crippen LogP contribution in [0.4, 0.5) is 0 Å². The fraction of sp³-hybridized carbons (Fsp3) is 0.429. The lowest BCUT2D eigenvalue weighted by Gasteiger charge is -2.10. The first-order valence-corrected chi connectivity index (χ1v) is 7.52. The number of nitrogens with zero attached hydrogens (tertiary/aromatic N) is 3. The fourth-order valence-corrected chi connectivity index (χ4v) is 2.46. The lowest BCUT2D eigenvalue weighted by Crippen LogP contribution is -2.08. The average Bonchev–Trinajstić information content (AvgIpc) is 2.86. The molecular weight excluding hydrogens is 320 g/mol. The number of benzene rings is 1. The minimum atomic E-state index is 0.412. The van der Waals surface area contributed by atoms with Crippen LogP contribution in [0.15, 0.2) is 29.0 Å². The van der Waals surface area contributed by atoms with Gasteiger partial charge in [0.15, 0.2) is 5.82 Å². The maximum atomic E-state index is 5.80. The Balaban J connectivity index is 2.01. The van der Waals surface area contributed by atoms with Crippen LogP contribution in [-0.2, 0) is 19.6 Å². The van der Waals surface area contributed by atoms with Gasteiger partial charge in [0.2, 0.25) is 0 Å². The van der Waals surface area contributed by atoms with Crippen molar-refractivity contribution in [3.8, 4) is 5.75 Å². The molecule has 108 valence electrons. The summed E-state index contributed by atoms with van der Waals surface area (Å²) in [6.07, 6.45) is 3.45. The third kappa shape index (κ3) is 3.80. The SMILES string of the molecule is CCCn1ncnc1COc1ccc(CCN)cc1Br. The lowest BCUT2D eigenvalue weighted by molar-refractivity contribution is 0.284. The molecule has 2 aromatic rings. The highest BCUT2D eigenvalue weighted by Gasteiger charge is 2.07. The highest BCUT2D eigenvalue weighted by molar-refractivity contribution is 9.10. The smallest absolute Gasteiger partial charge is 0.164 e. The number of halogens is 1.